The van der Waals surface area contributed by atoms with Gasteiger partial charge in [0, 0.05) is 34.9 Å². The highest BCUT2D eigenvalue weighted by Gasteiger charge is 2.52. The van der Waals surface area contributed by atoms with Gasteiger partial charge in [0.1, 0.15) is 0 Å². The van der Waals surface area contributed by atoms with E-state index in [0.717, 1.165) is 30.5 Å². The van der Waals surface area contributed by atoms with Crippen LogP contribution in [0.15, 0.2) is 91.1 Å². The van der Waals surface area contributed by atoms with Crippen LogP contribution in [0.25, 0.3) is 0 Å². The van der Waals surface area contributed by atoms with Gasteiger partial charge in [0.2, 0.25) is 5.91 Å². The SMILES string of the molecule is C[C@@H](/C=C/CCn1cc(C(CO)c2ccccc2)nn1)[C@]1(O)C(=O)N(Cc2ccc(NC(=O)[C@H]3CCCN3)cc2)c2ccc(Cl)cc21. The minimum atomic E-state index is -1.80. The van der Waals surface area contributed by atoms with E-state index in [4.69, 9.17) is 11.6 Å². The number of hydrogen-bond acceptors (Lipinski definition) is 7. The van der Waals surface area contributed by atoms with Crippen LogP contribution < -0.4 is 15.5 Å². The highest BCUT2D eigenvalue weighted by Crippen LogP contribution is 2.46. The number of carbonyl (C=O) groups is 2. The second-order valence-electron chi connectivity index (χ2n) is 12.2. The molecule has 1 fully saturated rings. The number of aliphatic hydroxyl groups is 2. The molecule has 1 saturated heterocycles. The Morgan fingerprint density at radius 2 is 1.96 bits per heavy atom. The summed E-state index contributed by atoms with van der Waals surface area (Å²) in [6.45, 7) is 3.38. The number of halogens is 1. The lowest BCUT2D eigenvalue weighted by Crippen LogP contribution is -2.44. The highest BCUT2D eigenvalue weighted by atomic mass is 35.5. The Bertz CT molecular complexity index is 1740. The maximum atomic E-state index is 14.0. The number of allylic oxidation sites excluding steroid dienone is 1. The van der Waals surface area contributed by atoms with E-state index in [9.17, 15) is 19.8 Å². The Morgan fingerprint density at radius 1 is 1.17 bits per heavy atom. The van der Waals surface area contributed by atoms with E-state index in [1.165, 1.54) is 0 Å². The predicted molar refractivity (Wildman–Crippen MR) is 181 cm³/mol. The van der Waals surface area contributed by atoms with Gasteiger partial charge in [0.05, 0.1) is 36.5 Å². The zero-order valence-electron chi connectivity index (χ0n) is 26.2. The Hall–Kier alpha value is -4.35. The summed E-state index contributed by atoms with van der Waals surface area (Å²) in [5.41, 5.74) is 2.48. The first kappa shape index (κ1) is 32.6. The number of anilines is 2. The molecule has 11 heteroatoms. The number of benzene rings is 3. The van der Waals surface area contributed by atoms with Crippen molar-refractivity contribution >= 4 is 34.8 Å². The van der Waals surface area contributed by atoms with Crippen molar-refractivity contribution in [1.29, 1.82) is 0 Å². The smallest absolute Gasteiger partial charge is 0.264 e. The first-order chi connectivity index (χ1) is 22.8. The van der Waals surface area contributed by atoms with E-state index in [1.54, 1.807) is 27.8 Å². The molecule has 1 unspecified atom stereocenters. The molecule has 0 spiro atoms. The number of aliphatic hydroxyl groups excluding tert-OH is 1. The Morgan fingerprint density at radius 3 is 2.68 bits per heavy atom. The average molecular weight is 655 g/mol. The molecule has 4 atom stereocenters. The first-order valence-electron chi connectivity index (χ1n) is 16.0. The molecule has 47 heavy (non-hydrogen) atoms. The van der Waals surface area contributed by atoms with Gasteiger partial charge in [-0.2, -0.15) is 0 Å². The Balaban J connectivity index is 1.11. The first-order valence-corrected chi connectivity index (χ1v) is 16.4. The summed E-state index contributed by atoms with van der Waals surface area (Å²) in [5.74, 6) is -1.28. The molecule has 0 aliphatic carbocycles. The number of carbonyl (C=O) groups excluding carboxylic acids is 2. The van der Waals surface area contributed by atoms with Gasteiger partial charge < -0.3 is 25.7 Å². The minimum absolute atomic E-state index is 0.0488. The Labute approximate surface area is 279 Å². The number of amides is 2. The van der Waals surface area contributed by atoms with Crippen LogP contribution in [-0.4, -0.2) is 56.2 Å². The fourth-order valence-corrected chi connectivity index (χ4v) is 6.55. The number of aryl methyl sites for hydroxylation is 1. The number of rotatable bonds is 12. The molecule has 1 aromatic heterocycles. The van der Waals surface area contributed by atoms with Crippen molar-refractivity contribution in [3.63, 3.8) is 0 Å². The van der Waals surface area contributed by atoms with Crippen LogP contribution in [0.2, 0.25) is 5.02 Å². The van der Waals surface area contributed by atoms with Crippen molar-refractivity contribution in [3.05, 3.63) is 119 Å². The van der Waals surface area contributed by atoms with Gasteiger partial charge in [-0.05, 0) is 67.3 Å². The van der Waals surface area contributed by atoms with Crippen LogP contribution >= 0.6 is 11.6 Å². The summed E-state index contributed by atoms with van der Waals surface area (Å²) in [7, 11) is 0. The summed E-state index contributed by atoms with van der Waals surface area (Å²) in [5, 5.41) is 37.1. The van der Waals surface area contributed by atoms with Crippen molar-refractivity contribution in [2.75, 3.05) is 23.4 Å². The number of nitrogens with zero attached hydrogens (tertiary/aromatic N) is 4. The summed E-state index contributed by atoms with van der Waals surface area (Å²) >= 11 is 6.36. The van der Waals surface area contributed by atoms with Crippen molar-refractivity contribution in [3.8, 4) is 0 Å². The third-order valence-electron chi connectivity index (χ3n) is 9.08. The number of hydrogen-bond donors (Lipinski definition) is 4. The van der Waals surface area contributed by atoms with Gasteiger partial charge in [-0.15, -0.1) is 5.10 Å². The van der Waals surface area contributed by atoms with Crippen molar-refractivity contribution in [2.24, 2.45) is 5.92 Å². The van der Waals surface area contributed by atoms with Crippen LogP contribution in [0.4, 0.5) is 11.4 Å². The van der Waals surface area contributed by atoms with Gasteiger partial charge in [-0.3, -0.25) is 14.3 Å². The van der Waals surface area contributed by atoms with Crippen LogP contribution in [-0.2, 0) is 28.3 Å². The fraction of sp³-hybridized carbons (Fsp3) is 0.333. The van der Waals surface area contributed by atoms with Crippen molar-refractivity contribution < 1.29 is 19.8 Å². The van der Waals surface area contributed by atoms with E-state index < -0.39 is 17.4 Å². The number of fused-ring (bicyclic) bond motifs is 1. The lowest BCUT2D eigenvalue weighted by Gasteiger charge is -2.27. The van der Waals surface area contributed by atoms with Gasteiger partial charge in [-0.25, -0.2) is 0 Å². The van der Waals surface area contributed by atoms with E-state index in [1.807, 2.05) is 79.9 Å². The molecule has 10 nitrogen and oxygen atoms in total. The molecule has 6 rings (SSSR count). The molecule has 0 bridgehead atoms. The second kappa shape index (κ2) is 14.2. The lowest BCUT2D eigenvalue weighted by atomic mass is 9.83. The standard InChI is InChI=1S/C36H39ClN6O4/c1-24(8-5-6-19-42-22-32(40-41-42)29(23-44)26-9-3-2-4-10-26)36(47)30-20-27(37)14-17-33(30)43(35(36)46)21-25-12-15-28(16-13-25)39-34(45)31-11-7-18-38-31/h2-5,8-10,12-17,20,22,24,29,31,38,44,47H,6-7,11,18-19,21,23H2,1H3,(H,39,45)/b8-5+/t24-,29?,31+,36+/m0/s1. The highest BCUT2D eigenvalue weighted by molar-refractivity contribution is 6.31. The molecule has 2 aliphatic rings. The lowest BCUT2D eigenvalue weighted by molar-refractivity contribution is -0.139. The number of aromatic nitrogens is 3. The molecule has 3 aromatic carbocycles. The van der Waals surface area contributed by atoms with Gasteiger partial charge in [0.25, 0.3) is 5.91 Å². The van der Waals surface area contributed by atoms with E-state index in [-0.39, 0.29) is 31.0 Å². The van der Waals surface area contributed by atoms with E-state index in [2.05, 4.69) is 20.9 Å². The van der Waals surface area contributed by atoms with Crippen LogP contribution in [0, 0.1) is 5.92 Å². The topological polar surface area (TPSA) is 133 Å². The molecule has 2 amide bonds. The zero-order chi connectivity index (χ0) is 33.0. The molecular weight excluding hydrogens is 616 g/mol. The molecule has 4 aromatic rings. The molecular formula is C36H39ClN6O4. The quantitative estimate of drug-likeness (QED) is 0.162. The molecule has 0 saturated carbocycles. The zero-order valence-corrected chi connectivity index (χ0v) is 27.0. The molecule has 3 heterocycles. The normalized spacial score (nSPS) is 20.5. The van der Waals surface area contributed by atoms with Crippen LogP contribution in [0.5, 0.6) is 0 Å². The van der Waals surface area contributed by atoms with Gasteiger partial charge in [-0.1, -0.05) is 78.4 Å². The largest absolute Gasteiger partial charge is 0.395 e. The summed E-state index contributed by atoms with van der Waals surface area (Å²) in [6.07, 6.45) is 8.02. The van der Waals surface area contributed by atoms with Gasteiger partial charge in [0.15, 0.2) is 5.60 Å². The average Bonchev–Trinajstić information content (AvgIpc) is 3.83. The van der Waals surface area contributed by atoms with E-state index in [0.29, 0.717) is 40.6 Å². The molecule has 0 radical (unpaired) electrons. The van der Waals surface area contributed by atoms with Crippen molar-refractivity contribution in [2.45, 2.75) is 56.8 Å². The van der Waals surface area contributed by atoms with Crippen LogP contribution in [0.3, 0.4) is 0 Å². The second-order valence-corrected chi connectivity index (χ2v) is 12.6. The van der Waals surface area contributed by atoms with Crippen molar-refractivity contribution in [1.82, 2.24) is 20.3 Å². The maximum absolute atomic E-state index is 14.0. The summed E-state index contributed by atoms with van der Waals surface area (Å²) < 4.78 is 1.73. The predicted octanol–water partition coefficient (Wildman–Crippen LogP) is 4.76. The maximum Gasteiger partial charge on any atom is 0.264 e. The third-order valence-corrected chi connectivity index (χ3v) is 9.31. The number of nitrogens with one attached hydrogen (secondary N) is 2. The summed E-state index contributed by atoms with van der Waals surface area (Å²) in [4.78, 5) is 28.0. The fourth-order valence-electron chi connectivity index (χ4n) is 6.37. The Kier molecular flexibility index (Phi) is 9.84. The minimum Gasteiger partial charge on any atom is -0.395 e. The van der Waals surface area contributed by atoms with Gasteiger partial charge >= 0.3 is 0 Å². The molecule has 244 valence electrons. The third kappa shape index (κ3) is 6.87. The monoisotopic (exact) mass is 654 g/mol. The molecule has 4 N–H and O–H groups in total. The van der Waals surface area contributed by atoms with Crippen LogP contribution in [0.1, 0.15) is 54.5 Å². The molecule has 2 aliphatic heterocycles. The van der Waals surface area contributed by atoms with E-state index >= 15 is 0 Å². The summed E-state index contributed by atoms with van der Waals surface area (Å²) in [6, 6.07) is 22.1.